The number of hydrogen-bond acceptors (Lipinski definition) is 9. The highest BCUT2D eigenvalue weighted by Crippen LogP contribution is 2.49. The van der Waals surface area contributed by atoms with Crippen LogP contribution in [0.15, 0.2) is 66.1 Å². The lowest BCUT2D eigenvalue weighted by Crippen LogP contribution is -2.65. The van der Waals surface area contributed by atoms with Crippen molar-refractivity contribution >= 4 is 39.1 Å². The first kappa shape index (κ1) is 40.4. The molecule has 2 bridgehead atoms. The summed E-state index contributed by atoms with van der Waals surface area (Å²) in [4.78, 5) is 35.5. The van der Waals surface area contributed by atoms with Crippen LogP contribution in [0.2, 0.25) is 5.02 Å². The highest BCUT2D eigenvalue weighted by Gasteiger charge is 2.50. The number of sulfonamides is 1. The lowest BCUT2D eigenvalue weighted by atomic mass is 9.63. The molecule has 6 aliphatic rings. The number of nitrogens with one attached hydrogen (secondary N) is 1. The van der Waals surface area contributed by atoms with Gasteiger partial charge in [-0.05, 0) is 104 Å². The molecule has 11 nitrogen and oxygen atoms in total. The number of ether oxygens (including phenoxy) is 2. The van der Waals surface area contributed by atoms with E-state index in [-0.39, 0.29) is 40.0 Å². The smallest absolute Gasteiger partial charge is 0.264 e. The van der Waals surface area contributed by atoms with Crippen molar-refractivity contribution in [3.63, 3.8) is 0 Å². The van der Waals surface area contributed by atoms with Crippen molar-refractivity contribution in [3.05, 3.63) is 77.4 Å². The number of methoxy groups -OCH3 is 1. The number of allylic oxidation sites excluding steroid dienone is 1. The number of amides is 2. The van der Waals surface area contributed by atoms with Crippen molar-refractivity contribution in [3.8, 4) is 5.75 Å². The maximum Gasteiger partial charge on any atom is 0.264 e. The molecule has 1 spiro atoms. The summed E-state index contributed by atoms with van der Waals surface area (Å²) in [6, 6.07) is 11.5. The number of rotatable bonds is 4. The van der Waals surface area contributed by atoms with Gasteiger partial charge < -0.3 is 19.3 Å². The van der Waals surface area contributed by atoms with Crippen LogP contribution in [0.5, 0.6) is 5.75 Å². The predicted octanol–water partition coefficient (Wildman–Crippen LogP) is 5.28. The second-order valence-electron chi connectivity index (χ2n) is 17.6. The molecule has 57 heavy (non-hydrogen) atoms. The Labute approximate surface area is 343 Å². The summed E-state index contributed by atoms with van der Waals surface area (Å²) >= 11 is 6.52. The molecule has 1 saturated carbocycles. The van der Waals surface area contributed by atoms with Gasteiger partial charge in [-0.1, -0.05) is 50.2 Å². The van der Waals surface area contributed by atoms with E-state index in [0.29, 0.717) is 45.0 Å². The van der Waals surface area contributed by atoms with Gasteiger partial charge in [-0.25, -0.2) is 13.1 Å². The van der Waals surface area contributed by atoms with E-state index in [1.165, 1.54) is 17.2 Å². The number of anilines is 1. The van der Waals surface area contributed by atoms with Crippen LogP contribution >= 0.6 is 11.6 Å². The summed E-state index contributed by atoms with van der Waals surface area (Å²) in [6.07, 6.45) is 11.3. The van der Waals surface area contributed by atoms with Crippen LogP contribution < -0.4 is 14.4 Å². The minimum absolute atomic E-state index is 0.0116. The number of aryl methyl sites for hydroxylation is 1. The Balaban J connectivity index is 1.16. The Morgan fingerprint density at radius 3 is 2.68 bits per heavy atom. The number of halogens is 1. The monoisotopic (exact) mass is 819 g/mol. The van der Waals surface area contributed by atoms with Gasteiger partial charge in [0.05, 0.1) is 17.2 Å². The first-order valence-electron chi connectivity index (χ1n) is 20.8. The maximum atomic E-state index is 13.9. The first-order chi connectivity index (χ1) is 27.3. The van der Waals surface area contributed by atoms with Gasteiger partial charge in [0.25, 0.3) is 10.0 Å². The van der Waals surface area contributed by atoms with Gasteiger partial charge in [-0.3, -0.25) is 19.4 Å². The second kappa shape index (κ2) is 16.0. The normalized spacial score (nSPS) is 33.7. The molecule has 4 aliphatic heterocycles. The lowest BCUT2D eigenvalue weighted by Gasteiger charge is -2.53. The third-order valence-electron chi connectivity index (χ3n) is 14.3. The average molecular weight is 820 g/mol. The molecular weight excluding hydrogens is 762 g/mol. The third kappa shape index (κ3) is 7.77. The molecule has 2 amide bonds. The van der Waals surface area contributed by atoms with E-state index in [2.05, 4.69) is 50.3 Å². The zero-order valence-corrected chi connectivity index (χ0v) is 35.2. The van der Waals surface area contributed by atoms with Gasteiger partial charge in [0, 0.05) is 88.4 Å². The van der Waals surface area contributed by atoms with Gasteiger partial charge in [0.1, 0.15) is 11.4 Å². The lowest BCUT2D eigenvalue weighted by molar-refractivity contribution is -0.131. The van der Waals surface area contributed by atoms with Crippen LogP contribution in [0, 0.1) is 23.7 Å². The molecule has 8 rings (SSSR count). The largest absolute Gasteiger partial charge is 0.490 e. The summed E-state index contributed by atoms with van der Waals surface area (Å²) < 4.78 is 43.6. The maximum absolute atomic E-state index is 13.9. The Bertz CT molecular complexity index is 2030. The zero-order chi connectivity index (χ0) is 40.1. The van der Waals surface area contributed by atoms with Crippen molar-refractivity contribution in [2.45, 2.75) is 74.3 Å². The highest BCUT2D eigenvalue weighted by atomic mass is 35.5. The van der Waals surface area contributed by atoms with Gasteiger partial charge in [0.2, 0.25) is 11.8 Å². The molecule has 7 atom stereocenters. The summed E-state index contributed by atoms with van der Waals surface area (Å²) in [5, 5.41) is 0.725. The molecule has 4 heterocycles. The Hall–Kier alpha value is -3.42. The van der Waals surface area contributed by atoms with E-state index in [9.17, 15) is 18.0 Å². The Morgan fingerprint density at radius 1 is 1.09 bits per heavy atom. The van der Waals surface area contributed by atoms with Crippen LogP contribution in [0.1, 0.15) is 57.1 Å². The second-order valence-corrected chi connectivity index (χ2v) is 19.7. The van der Waals surface area contributed by atoms with E-state index < -0.39 is 27.4 Å². The molecule has 308 valence electrons. The number of hydrogen-bond donors (Lipinski definition) is 1. The number of benzene rings is 2. The molecule has 2 aliphatic carbocycles. The van der Waals surface area contributed by atoms with Crippen LogP contribution in [-0.4, -0.2) is 119 Å². The standard InChI is InChI=1S/C44H58ClN5O6S/c1-5-41(51)49-21-20-48-19-18-47(25-35(48)26-49)28-44(55-4)17-6-8-30(2)31(3)42(52)46-57(53,54)36-12-15-40-39(23-36)50(24-33-10-13-38(33)44)27-43(29-56-40)16-7-9-32-22-34(45)11-14-37(32)43/h5-6,11-12,14-15,17,22-23,30-31,33,35,38H,1,7-10,13,16,18-21,24-29H2,2-4H3,(H,46,52)/b17-6+/t30-,31+,33-,35?,38+,43-,44+/m0/s1. The highest BCUT2D eigenvalue weighted by molar-refractivity contribution is 7.90. The van der Waals surface area contributed by atoms with Crippen molar-refractivity contribution in [2.75, 3.05) is 77.5 Å². The van der Waals surface area contributed by atoms with E-state index >= 15 is 0 Å². The number of piperazine rings is 2. The molecule has 13 heteroatoms. The minimum atomic E-state index is -4.15. The molecule has 2 saturated heterocycles. The third-order valence-corrected chi connectivity index (χ3v) is 15.9. The van der Waals surface area contributed by atoms with E-state index in [4.69, 9.17) is 21.1 Å². The van der Waals surface area contributed by atoms with Gasteiger partial charge in [-0.2, -0.15) is 0 Å². The molecule has 2 aromatic carbocycles. The SMILES string of the molecule is C=CC(=O)N1CCN2CCN(C[C@]3(OC)/C=C/C[C@H](C)[C@@H](C)C(=O)NS(=O)(=O)c4ccc5c(c4)N(C[C@@H]4CC[C@H]43)C[C@@]3(CCCc4cc(Cl)ccc43)CO5)CC2C1. The Kier molecular flexibility index (Phi) is 11.3. The predicted molar refractivity (Wildman–Crippen MR) is 222 cm³/mol. The van der Waals surface area contributed by atoms with Crippen LogP contribution in [-0.2, 0) is 36.2 Å². The Morgan fingerprint density at radius 2 is 1.91 bits per heavy atom. The fourth-order valence-electron chi connectivity index (χ4n) is 10.6. The minimum Gasteiger partial charge on any atom is -0.490 e. The number of fused-ring (bicyclic) bond motifs is 5. The molecule has 2 aromatic rings. The summed E-state index contributed by atoms with van der Waals surface area (Å²) in [6.45, 7) is 15.0. The van der Waals surface area contributed by atoms with Crippen LogP contribution in [0.3, 0.4) is 0 Å². The average Bonchev–Trinajstić information content (AvgIpc) is 3.34. The van der Waals surface area contributed by atoms with Crippen LogP contribution in [0.4, 0.5) is 5.69 Å². The molecular formula is C44H58ClN5O6S. The summed E-state index contributed by atoms with van der Waals surface area (Å²) in [5.41, 5.74) is 2.30. The number of carbonyl (C=O) groups is 2. The summed E-state index contributed by atoms with van der Waals surface area (Å²) in [7, 11) is -2.32. The van der Waals surface area contributed by atoms with Crippen molar-refractivity contribution in [1.29, 1.82) is 0 Å². The van der Waals surface area contributed by atoms with Gasteiger partial charge in [-0.15, -0.1) is 0 Å². The zero-order valence-electron chi connectivity index (χ0n) is 33.6. The van der Waals surface area contributed by atoms with Crippen molar-refractivity contribution < 1.29 is 27.5 Å². The van der Waals surface area contributed by atoms with E-state index in [1.54, 1.807) is 25.1 Å². The fourth-order valence-corrected chi connectivity index (χ4v) is 11.9. The molecule has 1 N–H and O–H groups in total. The number of carbonyl (C=O) groups excluding carboxylic acids is 2. The van der Waals surface area contributed by atoms with Crippen LogP contribution in [0.25, 0.3) is 0 Å². The first-order valence-corrected chi connectivity index (χ1v) is 22.7. The topological polar surface area (TPSA) is 112 Å². The van der Waals surface area contributed by atoms with Gasteiger partial charge >= 0.3 is 0 Å². The molecule has 0 aromatic heterocycles. The fraction of sp³-hybridized carbons (Fsp3) is 0.591. The van der Waals surface area contributed by atoms with Crippen molar-refractivity contribution in [2.24, 2.45) is 23.7 Å². The molecule has 1 unspecified atom stereocenters. The van der Waals surface area contributed by atoms with E-state index in [0.717, 1.165) is 75.5 Å². The molecule has 0 radical (unpaired) electrons. The quantitative estimate of drug-likeness (QED) is 0.326. The number of nitrogens with zero attached hydrogens (tertiary/aromatic N) is 4. The van der Waals surface area contributed by atoms with E-state index in [1.807, 2.05) is 25.0 Å². The summed E-state index contributed by atoms with van der Waals surface area (Å²) in [5.74, 6) is -0.103. The molecule has 3 fully saturated rings. The van der Waals surface area contributed by atoms with Gasteiger partial charge in [0.15, 0.2) is 0 Å². The van der Waals surface area contributed by atoms with Crippen molar-refractivity contribution in [1.82, 2.24) is 19.4 Å².